The van der Waals surface area contributed by atoms with Gasteiger partial charge in [-0.1, -0.05) is 75.4 Å². The van der Waals surface area contributed by atoms with Crippen molar-refractivity contribution in [1.82, 2.24) is 19.3 Å². The highest BCUT2D eigenvalue weighted by Gasteiger charge is 2.15. The van der Waals surface area contributed by atoms with Crippen molar-refractivity contribution in [3.8, 4) is 11.3 Å². The molecule has 0 fully saturated rings. The summed E-state index contributed by atoms with van der Waals surface area (Å²) in [6.07, 6.45) is 2.38. The van der Waals surface area contributed by atoms with E-state index in [0.717, 1.165) is 41.9 Å². The Morgan fingerprint density at radius 1 is 0.921 bits per heavy atom. The lowest BCUT2D eigenvalue weighted by molar-refractivity contribution is -0.136. The Hall–Kier alpha value is -4.00. The lowest BCUT2D eigenvalue weighted by Gasteiger charge is -2.19. The van der Waals surface area contributed by atoms with Crippen molar-refractivity contribution in [2.75, 3.05) is 0 Å². The van der Waals surface area contributed by atoms with Crippen molar-refractivity contribution in [2.45, 2.75) is 71.9 Å². The maximum Gasteiger partial charge on any atom is 0.346 e. The maximum atomic E-state index is 13.0. The number of aliphatic carboxylic acids is 1. The molecule has 0 saturated heterocycles. The number of carboxylic acids is 1. The molecule has 0 amide bonds. The van der Waals surface area contributed by atoms with Crippen LogP contribution >= 0.6 is 0 Å². The van der Waals surface area contributed by atoms with Crippen LogP contribution in [0.25, 0.3) is 11.3 Å². The highest BCUT2D eigenvalue weighted by Crippen LogP contribution is 2.22. The summed E-state index contributed by atoms with van der Waals surface area (Å²) in [6.45, 7) is 9.61. The van der Waals surface area contributed by atoms with Crippen molar-refractivity contribution in [2.24, 2.45) is 0 Å². The first-order valence-electron chi connectivity index (χ1n) is 13.2. The standard InChI is InChI=1S/C31H36N4O3/c1-5-34-28(33-35(30(34)38)21-23-14-18-25(19-15-23)31(2,3)4)11-6-8-22-12-16-24(17-13-22)27-10-7-9-26(32-27)20-29(36)37/h7,9-10,12-19H,5-6,8,11,20-21H2,1-4H3,(H,36,37). The molecule has 0 unspecified atom stereocenters. The Balaban J connectivity index is 1.38. The van der Waals surface area contributed by atoms with E-state index in [1.807, 2.05) is 31.2 Å². The number of aryl methyl sites for hydroxylation is 2. The summed E-state index contributed by atoms with van der Waals surface area (Å²) in [5, 5.41) is 13.7. The topological polar surface area (TPSA) is 90.0 Å². The number of hydrogen-bond acceptors (Lipinski definition) is 4. The van der Waals surface area contributed by atoms with Crippen LogP contribution < -0.4 is 5.69 Å². The van der Waals surface area contributed by atoms with Gasteiger partial charge in [0, 0.05) is 18.5 Å². The SMILES string of the molecule is CCn1c(CCCc2ccc(-c3cccc(CC(=O)O)n3)cc2)nn(Cc2ccc(C(C)(C)C)cc2)c1=O. The van der Waals surface area contributed by atoms with Gasteiger partial charge in [-0.05, 0) is 54.0 Å². The van der Waals surface area contributed by atoms with Gasteiger partial charge in [-0.15, -0.1) is 0 Å². The number of hydrogen-bond donors (Lipinski definition) is 1. The van der Waals surface area contributed by atoms with Crippen LogP contribution in [0.15, 0.2) is 71.5 Å². The Kier molecular flexibility index (Phi) is 8.25. The zero-order valence-electron chi connectivity index (χ0n) is 22.6. The van der Waals surface area contributed by atoms with E-state index in [0.29, 0.717) is 18.8 Å². The fraction of sp³-hybridized carbons (Fsp3) is 0.355. The van der Waals surface area contributed by atoms with E-state index >= 15 is 0 Å². The van der Waals surface area contributed by atoms with Crippen LogP contribution in [0.5, 0.6) is 0 Å². The summed E-state index contributed by atoms with van der Waals surface area (Å²) >= 11 is 0. The minimum atomic E-state index is -0.891. The second-order valence-electron chi connectivity index (χ2n) is 10.7. The first kappa shape index (κ1) is 27.0. The summed E-state index contributed by atoms with van der Waals surface area (Å²) in [5.41, 5.74) is 5.82. The molecule has 0 spiro atoms. The first-order chi connectivity index (χ1) is 18.1. The van der Waals surface area contributed by atoms with Crippen molar-refractivity contribution in [1.29, 1.82) is 0 Å². The van der Waals surface area contributed by atoms with E-state index in [1.165, 1.54) is 11.1 Å². The van der Waals surface area contributed by atoms with Crippen LogP contribution in [0, 0.1) is 0 Å². The van der Waals surface area contributed by atoms with Gasteiger partial charge < -0.3 is 5.11 Å². The molecule has 0 radical (unpaired) electrons. The van der Waals surface area contributed by atoms with E-state index in [2.05, 4.69) is 67.3 Å². The third kappa shape index (κ3) is 6.65. The monoisotopic (exact) mass is 512 g/mol. The summed E-state index contributed by atoms with van der Waals surface area (Å²) in [7, 11) is 0. The van der Waals surface area contributed by atoms with Crippen molar-refractivity contribution < 1.29 is 9.90 Å². The molecular weight excluding hydrogens is 476 g/mol. The minimum Gasteiger partial charge on any atom is -0.481 e. The van der Waals surface area contributed by atoms with Gasteiger partial charge in [-0.2, -0.15) is 5.10 Å². The summed E-state index contributed by atoms with van der Waals surface area (Å²) in [6, 6.07) is 22.1. The normalized spacial score (nSPS) is 11.6. The molecular formula is C31H36N4O3. The molecule has 2 heterocycles. The highest BCUT2D eigenvalue weighted by molar-refractivity contribution is 5.70. The molecule has 2 aromatic heterocycles. The van der Waals surface area contributed by atoms with Crippen LogP contribution in [0.2, 0.25) is 0 Å². The van der Waals surface area contributed by atoms with Crippen molar-refractivity contribution in [3.63, 3.8) is 0 Å². The number of benzene rings is 2. The average molecular weight is 513 g/mol. The fourth-order valence-corrected chi connectivity index (χ4v) is 4.56. The van der Waals surface area contributed by atoms with Gasteiger partial charge in [0.1, 0.15) is 5.82 Å². The molecule has 0 aliphatic heterocycles. The average Bonchev–Trinajstić information content (AvgIpc) is 3.17. The van der Waals surface area contributed by atoms with Crippen molar-refractivity contribution in [3.05, 3.63) is 105 Å². The van der Waals surface area contributed by atoms with Crippen LogP contribution in [-0.4, -0.2) is 30.4 Å². The van der Waals surface area contributed by atoms with Gasteiger partial charge in [-0.3, -0.25) is 14.3 Å². The predicted molar refractivity (Wildman–Crippen MR) is 149 cm³/mol. The van der Waals surface area contributed by atoms with Gasteiger partial charge >= 0.3 is 11.7 Å². The van der Waals surface area contributed by atoms with E-state index in [-0.39, 0.29) is 17.5 Å². The Morgan fingerprint density at radius 3 is 2.24 bits per heavy atom. The van der Waals surface area contributed by atoms with Crippen LogP contribution in [0.4, 0.5) is 0 Å². The van der Waals surface area contributed by atoms with Crippen LogP contribution in [0.1, 0.15) is 62.3 Å². The second-order valence-corrected chi connectivity index (χ2v) is 10.7. The van der Waals surface area contributed by atoms with Gasteiger partial charge in [0.2, 0.25) is 0 Å². The number of nitrogens with zero attached hydrogens (tertiary/aromatic N) is 4. The minimum absolute atomic E-state index is 0.0654. The van der Waals surface area contributed by atoms with Gasteiger partial charge in [0.25, 0.3) is 0 Å². The van der Waals surface area contributed by atoms with E-state index in [4.69, 9.17) is 5.11 Å². The molecule has 0 atom stereocenters. The number of carboxylic acid groups (broad SMARTS) is 1. The lowest BCUT2D eigenvalue weighted by Crippen LogP contribution is -2.25. The van der Waals surface area contributed by atoms with Crippen LogP contribution in [-0.2, 0) is 42.6 Å². The molecule has 7 nitrogen and oxygen atoms in total. The number of pyridine rings is 1. The summed E-state index contributed by atoms with van der Waals surface area (Å²) < 4.78 is 3.34. The molecule has 4 aromatic rings. The van der Waals surface area contributed by atoms with Gasteiger partial charge in [0.15, 0.2) is 0 Å². The number of carbonyl (C=O) groups is 1. The predicted octanol–water partition coefficient (Wildman–Crippen LogP) is 5.27. The molecule has 0 aliphatic rings. The number of aromatic nitrogens is 4. The largest absolute Gasteiger partial charge is 0.481 e. The fourth-order valence-electron chi connectivity index (χ4n) is 4.56. The van der Waals surface area contributed by atoms with Gasteiger partial charge in [-0.25, -0.2) is 9.48 Å². The van der Waals surface area contributed by atoms with E-state index in [9.17, 15) is 9.59 Å². The lowest BCUT2D eigenvalue weighted by atomic mass is 9.87. The molecule has 38 heavy (non-hydrogen) atoms. The third-order valence-corrected chi connectivity index (χ3v) is 6.72. The zero-order chi connectivity index (χ0) is 27.3. The molecule has 0 aliphatic carbocycles. The van der Waals surface area contributed by atoms with E-state index in [1.54, 1.807) is 15.3 Å². The quantitative estimate of drug-likeness (QED) is 0.312. The Morgan fingerprint density at radius 2 is 1.61 bits per heavy atom. The summed E-state index contributed by atoms with van der Waals surface area (Å²) in [5.74, 6) is -0.0713. The molecule has 7 heteroatoms. The molecule has 0 bridgehead atoms. The third-order valence-electron chi connectivity index (χ3n) is 6.72. The molecule has 198 valence electrons. The van der Waals surface area contributed by atoms with Gasteiger partial charge in [0.05, 0.1) is 24.4 Å². The summed E-state index contributed by atoms with van der Waals surface area (Å²) in [4.78, 5) is 28.4. The molecule has 0 saturated carbocycles. The molecule has 2 aromatic carbocycles. The highest BCUT2D eigenvalue weighted by atomic mass is 16.4. The Bertz CT molecular complexity index is 1440. The number of rotatable bonds is 10. The first-order valence-corrected chi connectivity index (χ1v) is 13.2. The van der Waals surface area contributed by atoms with Crippen molar-refractivity contribution >= 4 is 5.97 Å². The van der Waals surface area contributed by atoms with Crippen LogP contribution in [0.3, 0.4) is 0 Å². The smallest absolute Gasteiger partial charge is 0.346 e. The second kappa shape index (κ2) is 11.6. The Labute approximate surface area is 223 Å². The van der Waals surface area contributed by atoms with E-state index < -0.39 is 5.97 Å². The zero-order valence-corrected chi connectivity index (χ0v) is 22.6. The molecule has 1 N–H and O–H groups in total. The molecule has 4 rings (SSSR count). The maximum absolute atomic E-state index is 13.0.